The second kappa shape index (κ2) is 3.54. The van der Waals surface area contributed by atoms with Gasteiger partial charge in [-0.15, -0.1) is 5.79 Å². The fourth-order valence-corrected chi connectivity index (χ4v) is 2.31. The van der Waals surface area contributed by atoms with Crippen LogP contribution in [0.3, 0.4) is 0 Å². The van der Waals surface area contributed by atoms with Crippen molar-refractivity contribution in [2.24, 2.45) is 0 Å². The van der Waals surface area contributed by atoms with Gasteiger partial charge < -0.3 is 0 Å². The smallest absolute Gasteiger partial charge is 0.105 e. The summed E-state index contributed by atoms with van der Waals surface area (Å²) in [6.07, 6.45) is 0. The number of rotatable bonds is 2. The molecule has 0 aromatic heterocycles. The monoisotopic (exact) mass is 128 g/mol. The zero-order valence-electron chi connectivity index (χ0n) is 6.73. The second-order valence-corrected chi connectivity index (χ2v) is 7.73. The van der Waals surface area contributed by atoms with Crippen LogP contribution in [0.4, 0.5) is 0 Å². The molecule has 0 saturated carbocycles. The van der Waals surface area contributed by atoms with Crippen LogP contribution in [0.5, 0.6) is 0 Å². The molecule has 0 heterocycles. The van der Waals surface area contributed by atoms with Crippen molar-refractivity contribution in [3.05, 3.63) is 0 Å². The zero-order chi connectivity index (χ0) is 6.73. The van der Waals surface area contributed by atoms with Crippen LogP contribution in [-0.2, 0) is 0 Å². The van der Waals surface area contributed by atoms with Gasteiger partial charge in [0.25, 0.3) is 14.1 Å². The molecular formula is C7H17Al. The lowest BCUT2D eigenvalue weighted by molar-refractivity contribution is 0.942. The molecule has 8 heavy (non-hydrogen) atoms. The van der Waals surface area contributed by atoms with Crippen LogP contribution in [-0.4, -0.2) is 14.1 Å². The first-order valence-electron chi connectivity index (χ1n) is 3.55. The fraction of sp³-hybridized carbons (Fsp3) is 1.00. The molecule has 0 aliphatic carbocycles. The maximum Gasteiger partial charge on any atom is 0.264 e. The van der Waals surface area contributed by atoms with Crippen molar-refractivity contribution < 1.29 is 0 Å². The maximum atomic E-state index is 2.45. The van der Waals surface area contributed by atoms with Crippen molar-refractivity contribution in [3.8, 4) is 0 Å². The average molecular weight is 128 g/mol. The lowest BCUT2D eigenvalue weighted by atomic mass is 10.5. The summed E-state index contributed by atoms with van der Waals surface area (Å²) < 4.78 is 1.96. The molecule has 0 aliphatic rings. The normalized spacial score (nSPS) is 10.9. The minimum Gasteiger partial charge on any atom is -0.105 e. The van der Waals surface area contributed by atoms with E-state index < -0.39 is 0 Å². The summed E-state index contributed by atoms with van der Waals surface area (Å²) in [4.78, 5) is 0. The summed E-state index contributed by atoms with van der Waals surface area (Å²) in [6, 6.07) is 0. The molecule has 0 radical (unpaired) electrons. The van der Waals surface area contributed by atoms with Gasteiger partial charge in [-0.2, -0.15) is 0 Å². The van der Waals surface area contributed by atoms with Gasteiger partial charge in [0.15, 0.2) is 0 Å². The molecule has 0 spiro atoms. The van der Waals surface area contributed by atoms with E-state index in [4.69, 9.17) is 0 Å². The molecule has 0 saturated heterocycles. The Balaban J connectivity index is 3.46. The summed E-state index contributed by atoms with van der Waals surface area (Å²) in [5.74, 6) is 2.45. The lowest BCUT2D eigenvalue weighted by Gasteiger charge is -2.12. The van der Waals surface area contributed by atoms with E-state index in [1.807, 2.05) is 0 Å². The summed E-state index contributed by atoms with van der Waals surface area (Å²) in [6.45, 7) is 9.38. The quantitative estimate of drug-likeness (QED) is 0.501. The van der Waals surface area contributed by atoms with Crippen molar-refractivity contribution >= 4 is 14.1 Å². The summed E-state index contributed by atoms with van der Waals surface area (Å²) in [5, 5.41) is 0. The van der Waals surface area contributed by atoms with Crippen molar-refractivity contribution in [1.82, 2.24) is 0 Å². The Hall–Kier alpha value is 0.532. The highest BCUT2D eigenvalue weighted by atomic mass is 27.2. The van der Waals surface area contributed by atoms with E-state index in [0.29, 0.717) is 0 Å². The van der Waals surface area contributed by atoms with Crippen LogP contribution in [0, 0.1) is 0 Å². The largest absolute Gasteiger partial charge is 0.264 e. The standard InChI is InChI=1S/2C3H7.CH3.Al/c2*1-3-2;;/h2*3H,1-2H3;1H3;. The topological polar surface area (TPSA) is 0 Å². The molecule has 0 aromatic rings. The molecule has 1 heteroatoms. The van der Waals surface area contributed by atoms with Crippen LogP contribution < -0.4 is 0 Å². The molecule has 0 nitrogen and oxygen atoms in total. The minimum absolute atomic E-state index is 0.349. The van der Waals surface area contributed by atoms with Crippen LogP contribution in [0.25, 0.3) is 0 Å². The van der Waals surface area contributed by atoms with Crippen LogP contribution in [0.2, 0.25) is 15.3 Å². The lowest BCUT2D eigenvalue weighted by Crippen LogP contribution is -2.15. The Morgan fingerprint density at radius 2 is 1.12 bits per heavy atom. The Morgan fingerprint density at radius 1 is 0.875 bits per heavy atom. The van der Waals surface area contributed by atoms with Gasteiger partial charge in [0.05, 0.1) is 0 Å². The van der Waals surface area contributed by atoms with Gasteiger partial charge >= 0.3 is 0 Å². The van der Waals surface area contributed by atoms with Gasteiger partial charge in [-0.05, 0) is 0 Å². The van der Waals surface area contributed by atoms with Gasteiger partial charge in [-0.25, -0.2) is 0 Å². The highest BCUT2D eigenvalue weighted by Gasteiger charge is 2.17. The van der Waals surface area contributed by atoms with E-state index in [-0.39, 0.29) is 14.1 Å². The predicted octanol–water partition coefficient (Wildman–Crippen LogP) is 2.93. The molecule has 48 valence electrons. The Bertz CT molecular complexity index is 49.4. The van der Waals surface area contributed by atoms with Crippen molar-refractivity contribution in [2.75, 3.05) is 0 Å². The van der Waals surface area contributed by atoms with Crippen molar-refractivity contribution in [3.63, 3.8) is 0 Å². The van der Waals surface area contributed by atoms with Gasteiger partial charge in [0.2, 0.25) is 0 Å². The van der Waals surface area contributed by atoms with Gasteiger partial charge in [0.1, 0.15) is 0 Å². The molecule has 0 amide bonds. The number of hydrogen-bond acceptors (Lipinski definition) is 0. The van der Waals surface area contributed by atoms with E-state index >= 15 is 0 Å². The molecule has 0 N–H and O–H groups in total. The maximum absolute atomic E-state index is 2.45. The highest BCUT2D eigenvalue weighted by Crippen LogP contribution is 2.18. The van der Waals surface area contributed by atoms with E-state index in [9.17, 15) is 0 Å². The van der Waals surface area contributed by atoms with Gasteiger partial charge in [-0.3, -0.25) is 0 Å². The molecule has 0 fully saturated rings. The van der Waals surface area contributed by atoms with Crippen molar-refractivity contribution in [1.29, 1.82) is 0 Å². The third-order valence-corrected chi connectivity index (χ3v) is 6.31. The number of hydrogen-bond donors (Lipinski definition) is 0. The van der Waals surface area contributed by atoms with Crippen LogP contribution >= 0.6 is 0 Å². The Kier molecular flexibility index (Phi) is 3.77. The van der Waals surface area contributed by atoms with E-state index in [1.165, 1.54) is 0 Å². The van der Waals surface area contributed by atoms with Gasteiger partial charge in [-0.1, -0.05) is 37.3 Å². The van der Waals surface area contributed by atoms with Crippen molar-refractivity contribution in [2.45, 2.75) is 43.0 Å². The van der Waals surface area contributed by atoms with E-state index in [0.717, 1.165) is 9.56 Å². The minimum atomic E-state index is -0.349. The third kappa shape index (κ3) is 2.75. The molecule has 0 aromatic carbocycles. The average Bonchev–Trinajstić information content (AvgIpc) is 1.64. The Labute approximate surface area is 57.7 Å². The van der Waals surface area contributed by atoms with E-state index in [2.05, 4.69) is 33.5 Å². The first-order valence-corrected chi connectivity index (χ1v) is 6.04. The van der Waals surface area contributed by atoms with Crippen LogP contribution in [0.1, 0.15) is 27.7 Å². The summed E-state index contributed by atoms with van der Waals surface area (Å²) in [5.41, 5.74) is 0. The zero-order valence-corrected chi connectivity index (χ0v) is 7.89. The first kappa shape index (κ1) is 8.53. The molecule has 0 aliphatic heterocycles. The molecule has 0 atom stereocenters. The Morgan fingerprint density at radius 3 is 1.12 bits per heavy atom. The highest BCUT2D eigenvalue weighted by molar-refractivity contribution is 6.60. The van der Waals surface area contributed by atoms with Crippen LogP contribution in [0.15, 0.2) is 0 Å². The SMILES string of the molecule is C[CH](C)[Al]([CH3])[CH](C)C. The second-order valence-electron chi connectivity index (χ2n) is 3.35. The summed E-state index contributed by atoms with van der Waals surface area (Å²) in [7, 11) is 0. The first-order chi connectivity index (χ1) is 3.55. The summed E-state index contributed by atoms with van der Waals surface area (Å²) >= 11 is -0.349. The predicted molar refractivity (Wildman–Crippen MR) is 41.8 cm³/mol. The molecule has 0 unspecified atom stereocenters. The van der Waals surface area contributed by atoms with Gasteiger partial charge in [0, 0.05) is 0 Å². The molecule has 0 rings (SSSR count). The third-order valence-electron chi connectivity index (χ3n) is 2.10. The fourth-order valence-electron chi connectivity index (χ4n) is 0.770. The van der Waals surface area contributed by atoms with E-state index in [1.54, 1.807) is 0 Å². The molecule has 0 bridgehead atoms. The molecular weight excluding hydrogens is 111 g/mol.